The normalized spacial score (nSPS) is 13.0. The third-order valence-electron chi connectivity index (χ3n) is 3.83. The van der Waals surface area contributed by atoms with Crippen molar-refractivity contribution in [3.63, 3.8) is 0 Å². The van der Waals surface area contributed by atoms with Gasteiger partial charge >= 0.3 is 12.1 Å². The number of amides is 1. The molecule has 158 valence electrons. The molecule has 0 saturated heterocycles. The fraction of sp³-hybridized carbons (Fsp3) is 0.579. The second kappa shape index (κ2) is 9.27. The van der Waals surface area contributed by atoms with Crippen LogP contribution < -0.4 is 10.0 Å². The number of sulfonamides is 1. The third kappa shape index (κ3) is 7.38. The minimum absolute atomic E-state index is 0.120. The van der Waals surface area contributed by atoms with Gasteiger partial charge in [0.2, 0.25) is 10.0 Å². The Kier molecular flexibility index (Phi) is 7.86. The molecule has 0 aliphatic heterocycles. The van der Waals surface area contributed by atoms with E-state index in [1.165, 1.54) is 7.11 Å². The number of benzene rings is 1. The van der Waals surface area contributed by atoms with Crippen LogP contribution in [-0.2, 0) is 30.7 Å². The van der Waals surface area contributed by atoms with Crippen LogP contribution in [0.3, 0.4) is 0 Å². The maximum atomic E-state index is 12.1. The van der Waals surface area contributed by atoms with E-state index in [2.05, 4.69) is 10.0 Å². The summed E-state index contributed by atoms with van der Waals surface area (Å²) in [6, 6.07) is 4.06. The predicted molar refractivity (Wildman–Crippen MR) is 108 cm³/mol. The van der Waals surface area contributed by atoms with Gasteiger partial charge in [-0.25, -0.2) is 18.0 Å². The van der Waals surface area contributed by atoms with E-state index >= 15 is 0 Å². The zero-order valence-electron chi connectivity index (χ0n) is 17.5. The van der Waals surface area contributed by atoms with Crippen LogP contribution in [0.1, 0.15) is 45.7 Å². The van der Waals surface area contributed by atoms with Gasteiger partial charge in [-0.1, -0.05) is 6.07 Å². The van der Waals surface area contributed by atoms with Crippen LogP contribution in [0, 0.1) is 6.92 Å². The van der Waals surface area contributed by atoms with Crippen LogP contribution in [0.2, 0.25) is 0 Å². The molecular formula is C19H30N2O6S. The summed E-state index contributed by atoms with van der Waals surface area (Å²) in [5.74, 6) is -0.626. The molecule has 0 aromatic heterocycles. The molecule has 28 heavy (non-hydrogen) atoms. The number of carbonyl (C=O) groups is 2. The Labute approximate surface area is 167 Å². The second-order valence-corrected chi connectivity index (χ2v) is 10.0. The number of anilines is 1. The number of rotatable bonds is 7. The topological polar surface area (TPSA) is 111 Å². The maximum absolute atomic E-state index is 12.1. The van der Waals surface area contributed by atoms with Crippen LogP contribution >= 0.6 is 0 Å². The van der Waals surface area contributed by atoms with E-state index in [0.29, 0.717) is 11.3 Å². The maximum Gasteiger partial charge on any atom is 0.408 e. The van der Waals surface area contributed by atoms with Crippen molar-refractivity contribution in [3.8, 4) is 0 Å². The van der Waals surface area contributed by atoms with E-state index in [0.717, 1.165) is 5.56 Å². The summed E-state index contributed by atoms with van der Waals surface area (Å²) in [4.78, 5) is 24.2. The first kappa shape index (κ1) is 23.7. The largest absolute Gasteiger partial charge is 0.467 e. The average molecular weight is 415 g/mol. The molecule has 1 rings (SSSR count). The van der Waals surface area contributed by atoms with Gasteiger partial charge in [0.15, 0.2) is 0 Å². The Hall–Kier alpha value is -2.29. The smallest absolute Gasteiger partial charge is 0.408 e. The van der Waals surface area contributed by atoms with Crippen molar-refractivity contribution in [2.75, 3.05) is 11.8 Å². The van der Waals surface area contributed by atoms with Gasteiger partial charge in [-0.2, -0.15) is 0 Å². The molecule has 1 amide bonds. The molecule has 1 aromatic carbocycles. The van der Waals surface area contributed by atoms with Gasteiger partial charge in [-0.05, 0) is 64.8 Å². The fourth-order valence-electron chi connectivity index (χ4n) is 2.24. The van der Waals surface area contributed by atoms with Crippen molar-refractivity contribution in [2.45, 2.75) is 64.9 Å². The van der Waals surface area contributed by atoms with E-state index in [-0.39, 0.29) is 6.42 Å². The lowest BCUT2D eigenvalue weighted by atomic mass is 10.0. The summed E-state index contributed by atoms with van der Waals surface area (Å²) in [7, 11) is -2.27. The SMILES string of the molecule is COC(=O)[C@H](Cc1cc(NS(=O)(=O)C(C)C)ccc1C)NC(=O)OC(C)(C)C. The second-order valence-electron chi connectivity index (χ2n) is 7.76. The highest BCUT2D eigenvalue weighted by molar-refractivity contribution is 7.93. The number of nitrogens with one attached hydrogen (secondary N) is 2. The zero-order chi connectivity index (χ0) is 21.7. The van der Waals surface area contributed by atoms with Crippen molar-refractivity contribution in [1.82, 2.24) is 5.32 Å². The van der Waals surface area contributed by atoms with Gasteiger partial charge in [0.25, 0.3) is 0 Å². The van der Waals surface area contributed by atoms with Crippen molar-refractivity contribution < 1.29 is 27.5 Å². The third-order valence-corrected chi connectivity index (χ3v) is 5.59. The molecule has 0 saturated carbocycles. The Morgan fingerprint density at radius 3 is 2.29 bits per heavy atom. The number of hydrogen-bond donors (Lipinski definition) is 2. The van der Waals surface area contributed by atoms with Gasteiger partial charge in [0, 0.05) is 12.1 Å². The molecule has 1 aromatic rings. The number of alkyl carbamates (subject to hydrolysis) is 1. The van der Waals surface area contributed by atoms with Gasteiger partial charge in [0.1, 0.15) is 11.6 Å². The van der Waals surface area contributed by atoms with Crippen molar-refractivity contribution in [3.05, 3.63) is 29.3 Å². The summed E-state index contributed by atoms with van der Waals surface area (Å²) in [6.45, 7) is 10.1. The molecule has 8 nitrogen and oxygen atoms in total. The lowest BCUT2D eigenvalue weighted by Crippen LogP contribution is -2.45. The van der Waals surface area contributed by atoms with E-state index in [1.807, 2.05) is 6.92 Å². The van der Waals surface area contributed by atoms with E-state index < -0.39 is 39.0 Å². The Bertz CT molecular complexity index is 812. The molecule has 0 heterocycles. The molecule has 0 bridgehead atoms. The molecule has 0 radical (unpaired) electrons. The van der Waals surface area contributed by atoms with Gasteiger partial charge in [-0.3, -0.25) is 4.72 Å². The summed E-state index contributed by atoms with van der Waals surface area (Å²) in [5, 5.41) is 1.92. The summed E-state index contributed by atoms with van der Waals surface area (Å²) in [5.41, 5.74) is 1.20. The van der Waals surface area contributed by atoms with Gasteiger partial charge in [-0.15, -0.1) is 0 Å². The predicted octanol–water partition coefficient (Wildman–Crippen LogP) is 2.75. The van der Waals surface area contributed by atoms with Crippen LogP contribution in [0.15, 0.2) is 18.2 Å². The Morgan fingerprint density at radius 2 is 1.79 bits per heavy atom. The first-order valence-corrected chi connectivity index (χ1v) is 10.5. The lowest BCUT2D eigenvalue weighted by Gasteiger charge is -2.23. The summed E-state index contributed by atoms with van der Waals surface area (Å²) in [6.07, 6.45) is -0.619. The molecule has 2 N–H and O–H groups in total. The molecule has 1 atom stereocenters. The highest BCUT2D eigenvalue weighted by Crippen LogP contribution is 2.20. The molecule has 0 spiro atoms. The fourth-order valence-corrected chi connectivity index (χ4v) is 2.93. The monoisotopic (exact) mass is 414 g/mol. The molecule has 0 aliphatic rings. The van der Waals surface area contributed by atoms with Crippen LogP contribution in [0.5, 0.6) is 0 Å². The standard InChI is InChI=1S/C19H30N2O6S/c1-12(2)28(24,25)21-15-9-8-13(3)14(10-15)11-16(17(22)26-7)20-18(23)27-19(4,5)6/h8-10,12,16,21H,11H2,1-7H3,(H,20,23)/t16-/m0/s1. The quantitative estimate of drug-likeness (QED) is 0.664. The number of esters is 1. The summed E-state index contributed by atoms with van der Waals surface area (Å²) >= 11 is 0. The number of ether oxygens (including phenoxy) is 2. The first-order valence-electron chi connectivity index (χ1n) is 8.93. The van der Waals surface area contributed by atoms with Gasteiger partial charge < -0.3 is 14.8 Å². The highest BCUT2D eigenvalue weighted by Gasteiger charge is 2.26. The van der Waals surface area contributed by atoms with Crippen molar-refractivity contribution >= 4 is 27.8 Å². The molecule has 0 unspecified atom stereocenters. The average Bonchev–Trinajstić information content (AvgIpc) is 2.54. The van der Waals surface area contributed by atoms with E-state index in [9.17, 15) is 18.0 Å². The number of carbonyl (C=O) groups excluding carboxylic acids is 2. The van der Waals surface area contributed by atoms with Crippen LogP contribution in [0.25, 0.3) is 0 Å². The minimum atomic E-state index is -3.50. The van der Waals surface area contributed by atoms with Gasteiger partial charge in [0.05, 0.1) is 12.4 Å². The minimum Gasteiger partial charge on any atom is -0.467 e. The Morgan fingerprint density at radius 1 is 1.18 bits per heavy atom. The van der Waals surface area contributed by atoms with Crippen molar-refractivity contribution in [1.29, 1.82) is 0 Å². The molecule has 0 aliphatic carbocycles. The first-order chi connectivity index (χ1) is 12.7. The molecule has 9 heteroatoms. The highest BCUT2D eigenvalue weighted by atomic mass is 32.2. The van der Waals surface area contributed by atoms with Crippen LogP contribution in [-0.4, -0.2) is 44.5 Å². The van der Waals surface area contributed by atoms with Crippen LogP contribution in [0.4, 0.5) is 10.5 Å². The van der Waals surface area contributed by atoms with Crippen molar-refractivity contribution in [2.24, 2.45) is 0 Å². The molecular weight excluding hydrogens is 384 g/mol. The van der Waals surface area contributed by atoms with E-state index in [4.69, 9.17) is 9.47 Å². The van der Waals surface area contributed by atoms with E-state index in [1.54, 1.807) is 52.8 Å². The number of methoxy groups -OCH3 is 1. The number of aryl methyl sites for hydroxylation is 1. The summed E-state index contributed by atoms with van der Waals surface area (Å²) < 4.78 is 36.7. The zero-order valence-corrected chi connectivity index (χ0v) is 18.3. The lowest BCUT2D eigenvalue weighted by molar-refractivity contribution is -0.143. The Balaban J connectivity index is 3.07. The number of hydrogen-bond acceptors (Lipinski definition) is 6. The molecule has 0 fully saturated rings.